The van der Waals surface area contributed by atoms with Crippen molar-refractivity contribution >= 4 is 64.7 Å². The molecule has 0 aliphatic carbocycles. The fourth-order valence-corrected chi connectivity index (χ4v) is 7.34. The Hall–Kier alpha value is -4.23. The summed E-state index contributed by atoms with van der Waals surface area (Å²) in [6, 6.07) is 2.39. The van der Waals surface area contributed by atoms with Crippen molar-refractivity contribution < 1.29 is 39.0 Å². The van der Waals surface area contributed by atoms with Crippen LogP contribution >= 0.6 is 34.9 Å². The van der Waals surface area contributed by atoms with Crippen molar-refractivity contribution in [2.75, 3.05) is 24.6 Å². The third-order valence-corrected chi connectivity index (χ3v) is 9.44. The molecule has 0 radical (unpaired) electrons. The number of carbonyl (C=O) groups excluding carboxylic acids is 4. The highest BCUT2D eigenvalue weighted by Crippen LogP contribution is 2.41. The first-order valence-electron chi connectivity index (χ1n) is 11.9. The minimum absolute atomic E-state index is 0.0395. The van der Waals surface area contributed by atoms with Crippen LogP contribution in [0.4, 0.5) is 9.59 Å². The highest BCUT2D eigenvalue weighted by atomic mass is 32.2. The fraction of sp³-hybridized carbons (Fsp3) is 0.318. The molecule has 3 aliphatic rings. The van der Waals surface area contributed by atoms with E-state index >= 15 is 0 Å². The molecule has 6 N–H and O–H groups in total. The van der Waals surface area contributed by atoms with Crippen LogP contribution in [0.25, 0.3) is 0 Å². The van der Waals surface area contributed by atoms with Crippen LogP contribution < -0.4 is 26.2 Å². The molecule has 5 rings (SSSR count). The standard InChI is InChI=1S/C22H22N8O8S3/c31-13-4-3-12(26-30(13)38)40-8-10-9-41-19-15(18(33)29(19)16(10)20(34)35)24-17(32)14(11-2-1-7-39-11)25-21(36)27-28-6-5-23-22(28)37/h1-4,7,14-15,19,31H,5-6,8-9H2,(H,23,37)(H,24,32)(H,34,35)(H2,25,27,36)/t14?,15-,19?/m0/s1. The van der Waals surface area contributed by atoms with Gasteiger partial charge >= 0.3 is 23.9 Å². The Kier molecular flexibility index (Phi) is 8.08. The second kappa shape index (κ2) is 11.7. The van der Waals surface area contributed by atoms with Crippen molar-refractivity contribution in [1.29, 1.82) is 0 Å². The average molecular weight is 623 g/mol. The molecule has 2 saturated heterocycles. The van der Waals surface area contributed by atoms with Crippen LogP contribution in [-0.2, 0) is 14.4 Å². The minimum atomic E-state index is -1.32. The van der Waals surface area contributed by atoms with E-state index in [1.54, 1.807) is 17.5 Å². The SMILES string of the molecule is O=C(NC(C(=O)N[C@H]1C(=O)N2C(C(=O)O)=C(CSc3ccc(O)[n+]([O-])n3)CSC12)c1cccs1)NN1CCNC1=O. The monoisotopic (exact) mass is 622 g/mol. The number of carbonyl (C=O) groups is 5. The van der Waals surface area contributed by atoms with Gasteiger partial charge in [-0.1, -0.05) is 17.8 Å². The number of thiophene rings is 1. The molecule has 2 fully saturated rings. The number of hydrogen-bond donors (Lipinski definition) is 6. The molecular weight excluding hydrogens is 600 g/mol. The van der Waals surface area contributed by atoms with E-state index in [0.717, 1.165) is 27.7 Å². The van der Waals surface area contributed by atoms with Crippen LogP contribution in [-0.4, -0.2) is 91.1 Å². The Morgan fingerprint density at radius 1 is 1.29 bits per heavy atom. The summed E-state index contributed by atoms with van der Waals surface area (Å²) in [7, 11) is 0. The van der Waals surface area contributed by atoms with E-state index in [1.165, 1.54) is 29.2 Å². The predicted octanol–water partition coefficient (Wildman–Crippen LogP) is -0.706. The number of thioether (sulfide) groups is 2. The Labute approximate surface area is 243 Å². The van der Waals surface area contributed by atoms with Crippen molar-refractivity contribution in [3.63, 3.8) is 0 Å². The molecule has 19 heteroatoms. The van der Waals surface area contributed by atoms with Crippen molar-refractivity contribution in [2.45, 2.75) is 22.5 Å². The number of carboxylic acid groups (broad SMARTS) is 1. The lowest BCUT2D eigenvalue weighted by atomic mass is 10.0. The van der Waals surface area contributed by atoms with E-state index in [1.807, 2.05) is 0 Å². The van der Waals surface area contributed by atoms with Gasteiger partial charge in [-0.3, -0.25) is 14.5 Å². The number of carboxylic acids is 1. The molecule has 5 heterocycles. The molecular formula is C22H22N8O8S3. The molecule has 3 atom stereocenters. The number of amides is 6. The maximum Gasteiger partial charge on any atom is 0.403 e. The van der Waals surface area contributed by atoms with Crippen molar-refractivity contribution in [3.05, 3.63) is 51.0 Å². The fourth-order valence-electron chi connectivity index (χ4n) is 4.24. The number of urea groups is 2. The molecule has 0 saturated carbocycles. The molecule has 16 nitrogen and oxygen atoms in total. The lowest BCUT2D eigenvalue weighted by molar-refractivity contribution is -0.679. The number of aliphatic carboxylic acids is 1. The summed E-state index contributed by atoms with van der Waals surface area (Å²) < 4.78 is 0. The molecule has 0 spiro atoms. The molecule has 3 aliphatic heterocycles. The zero-order valence-corrected chi connectivity index (χ0v) is 23.3. The van der Waals surface area contributed by atoms with Crippen LogP contribution in [0, 0.1) is 5.21 Å². The number of nitrogens with one attached hydrogen (secondary N) is 4. The first kappa shape index (κ1) is 28.3. The van der Waals surface area contributed by atoms with Gasteiger partial charge in [0.15, 0.2) is 5.03 Å². The van der Waals surface area contributed by atoms with Gasteiger partial charge in [0.1, 0.15) is 23.2 Å². The molecule has 6 amide bonds. The van der Waals surface area contributed by atoms with Crippen molar-refractivity contribution in [1.82, 2.24) is 36.4 Å². The number of fused-ring (bicyclic) bond motifs is 1. The molecule has 0 aromatic carbocycles. The molecule has 2 unspecified atom stereocenters. The first-order chi connectivity index (χ1) is 19.6. The lowest BCUT2D eigenvalue weighted by Gasteiger charge is -2.49. The number of β-lactam (4-membered cyclic amide) rings is 1. The van der Waals surface area contributed by atoms with Crippen molar-refractivity contribution in [3.8, 4) is 5.88 Å². The van der Waals surface area contributed by atoms with E-state index in [4.69, 9.17) is 0 Å². The second-order valence-corrected chi connectivity index (χ2v) is 11.8. The molecule has 41 heavy (non-hydrogen) atoms. The summed E-state index contributed by atoms with van der Waals surface area (Å²) in [6.45, 7) is 0.603. The average Bonchev–Trinajstić information content (AvgIpc) is 3.62. The molecule has 2 aromatic rings. The van der Waals surface area contributed by atoms with Gasteiger partial charge in [0.25, 0.3) is 5.91 Å². The smallest absolute Gasteiger partial charge is 0.403 e. The van der Waals surface area contributed by atoms with Crippen LogP contribution in [0.2, 0.25) is 0 Å². The third kappa shape index (κ3) is 5.81. The zero-order valence-electron chi connectivity index (χ0n) is 20.8. The van der Waals surface area contributed by atoms with Gasteiger partial charge in [-0.25, -0.2) is 24.8 Å². The summed E-state index contributed by atoms with van der Waals surface area (Å²) >= 11 is 3.54. The first-order valence-corrected chi connectivity index (χ1v) is 14.8. The van der Waals surface area contributed by atoms with Gasteiger partial charge in [-0.15, -0.1) is 23.1 Å². The Bertz CT molecular complexity index is 1440. The van der Waals surface area contributed by atoms with Crippen LogP contribution in [0.5, 0.6) is 5.88 Å². The van der Waals surface area contributed by atoms with E-state index < -0.39 is 53.2 Å². The molecule has 2 aromatic heterocycles. The maximum absolute atomic E-state index is 13.3. The van der Waals surface area contributed by atoms with Gasteiger partial charge in [-0.2, -0.15) is 0 Å². The largest absolute Gasteiger partial charge is 0.591 e. The summed E-state index contributed by atoms with van der Waals surface area (Å²) in [5.74, 6) is -2.85. The van der Waals surface area contributed by atoms with Gasteiger partial charge < -0.3 is 31.4 Å². The normalized spacial score (nSPS) is 20.6. The van der Waals surface area contributed by atoms with Gasteiger partial charge in [0.2, 0.25) is 5.91 Å². The van der Waals surface area contributed by atoms with E-state index in [0.29, 0.717) is 17.0 Å². The van der Waals surface area contributed by atoms with Gasteiger partial charge in [0, 0.05) is 28.0 Å². The Balaban J connectivity index is 1.26. The summed E-state index contributed by atoms with van der Waals surface area (Å²) in [4.78, 5) is 64.5. The molecule has 0 bridgehead atoms. The third-order valence-electron chi connectivity index (χ3n) is 6.16. The number of nitrogens with zero attached hydrogens (tertiary/aromatic N) is 4. The number of hydrogen-bond acceptors (Lipinski definition) is 11. The Morgan fingerprint density at radius 3 is 2.76 bits per heavy atom. The Morgan fingerprint density at radius 2 is 2.10 bits per heavy atom. The number of hydrazine groups is 1. The summed E-state index contributed by atoms with van der Waals surface area (Å²) in [5.41, 5.74) is 2.59. The number of aromatic hydroxyl groups is 1. The van der Waals surface area contributed by atoms with E-state index in [2.05, 4.69) is 26.5 Å². The highest BCUT2D eigenvalue weighted by molar-refractivity contribution is 8.01. The van der Waals surface area contributed by atoms with E-state index in [9.17, 15) is 39.4 Å². The summed E-state index contributed by atoms with van der Waals surface area (Å²) in [6.07, 6.45) is 0. The minimum Gasteiger partial charge on any atom is -0.591 e. The van der Waals surface area contributed by atoms with E-state index in [-0.39, 0.29) is 33.6 Å². The topological polar surface area (TPSA) is 220 Å². The second-order valence-electron chi connectivity index (χ2n) is 8.76. The number of rotatable bonds is 9. The van der Waals surface area contributed by atoms with Gasteiger partial charge in [0.05, 0.1) is 12.6 Å². The summed E-state index contributed by atoms with van der Waals surface area (Å²) in [5, 5.41) is 44.4. The maximum atomic E-state index is 13.3. The zero-order chi connectivity index (χ0) is 29.3. The van der Waals surface area contributed by atoms with Gasteiger partial charge in [-0.05, 0) is 27.9 Å². The molecule has 216 valence electrons. The van der Waals surface area contributed by atoms with Crippen LogP contribution in [0.15, 0.2) is 45.9 Å². The lowest BCUT2D eigenvalue weighted by Crippen LogP contribution is -2.71. The predicted molar refractivity (Wildman–Crippen MR) is 144 cm³/mol. The van der Waals surface area contributed by atoms with Crippen molar-refractivity contribution in [2.24, 2.45) is 0 Å². The quantitative estimate of drug-likeness (QED) is 0.0888. The van der Waals surface area contributed by atoms with Crippen LogP contribution in [0.3, 0.4) is 0 Å². The number of aromatic nitrogens is 2. The highest BCUT2D eigenvalue weighted by Gasteiger charge is 2.54. The van der Waals surface area contributed by atoms with Crippen LogP contribution in [0.1, 0.15) is 10.9 Å².